The van der Waals surface area contributed by atoms with Gasteiger partial charge in [-0.1, -0.05) is 30.3 Å². The number of benzene rings is 1. The second-order valence-electron chi connectivity index (χ2n) is 8.95. The van der Waals surface area contributed by atoms with Crippen LogP contribution < -0.4 is 16.0 Å². The van der Waals surface area contributed by atoms with Gasteiger partial charge in [0.2, 0.25) is 0 Å². The van der Waals surface area contributed by atoms with Crippen molar-refractivity contribution in [2.24, 2.45) is 10.9 Å². The van der Waals surface area contributed by atoms with Crippen molar-refractivity contribution >= 4 is 5.96 Å². The van der Waals surface area contributed by atoms with Crippen molar-refractivity contribution in [2.45, 2.75) is 51.1 Å². The maximum Gasteiger partial charge on any atom is 0.191 e. The van der Waals surface area contributed by atoms with Crippen LogP contribution in [0.1, 0.15) is 51.1 Å². The van der Waals surface area contributed by atoms with Gasteiger partial charge < -0.3 is 30.2 Å². The molecule has 2 fully saturated rings. The Morgan fingerprint density at radius 2 is 1.97 bits per heavy atom. The zero-order valence-corrected chi connectivity index (χ0v) is 19.9. The molecule has 7 nitrogen and oxygen atoms in total. The molecule has 3 N–H and O–H groups in total. The van der Waals surface area contributed by atoms with E-state index in [9.17, 15) is 0 Å². The quantitative estimate of drug-likeness (QED) is 0.260. The molecule has 1 aromatic rings. The fraction of sp³-hybridized carbons (Fsp3) is 0.720. The number of aliphatic imine (C=N–C) groups is 1. The lowest BCUT2D eigenvalue weighted by Crippen LogP contribution is -2.53. The monoisotopic (exact) mass is 446 g/mol. The van der Waals surface area contributed by atoms with Gasteiger partial charge >= 0.3 is 0 Å². The number of rotatable bonds is 12. The lowest BCUT2D eigenvalue weighted by Gasteiger charge is -2.39. The number of nitrogens with zero attached hydrogens (tertiary/aromatic N) is 1. The highest BCUT2D eigenvalue weighted by atomic mass is 16.5. The van der Waals surface area contributed by atoms with Crippen LogP contribution in [0, 0.1) is 5.92 Å². The molecule has 2 saturated heterocycles. The molecular formula is C25H42N4O3. The Bertz CT molecular complexity index is 658. The van der Waals surface area contributed by atoms with Crippen LogP contribution in [-0.4, -0.2) is 70.8 Å². The van der Waals surface area contributed by atoms with Gasteiger partial charge in [0, 0.05) is 57.0 Å². The normalized spacial score (nSPS) is 21.9. The van der Waals surface area contributed by atoms with Crippen molar-refractivity contribution < 1.29 is 14.2 Å². The summed E-state index contributed by atoms with van der Waals surface area (Å²) in [5.74, 6) is 1.44. The zero-order chi connectivity index (χ0) is 22.5. The van der Waals surface area contributed by atoms with Gasteiger partial charge in [-0.15, -0.1) is 0 Å². The minimum atomic E-state index is -0.0533. The van der Waals surface area contributed by atoms with Crippen molar-refractivity contribution in [3.8, 4) is 0 Å². The molecular weight excluding hydrogens is 404 g/mol. The van der Waals surface area contributed by atoms with E-state index in [0.717, 1.165) is 90.9 Å². The molecule has 0 spiro atoms. The van der Waals surface area contributed by atoms with Crippen LogP contribution >= 0.6 is 0 Å². The summed E-state index contributed by atoms with van der Waals surface area (Å²) in [6.07, 6.45) is 4.01. The molecule has 2 atom stereocenters. The summed E-state index contributed by atoms with van der Waals surface area (Å²) in [6, 6.07) is 10.9. The standard InChI is InChI=1S/C25H42N4O3/c1-3-26-24(27-13-7-14-31-18-22-10-15-32-19-22)28-20-25(11-16-30-17-12-25)29-21(2)23-8-5-4-6-9-23/h4-6,8-9,21-22,29H,3,7,10-20H2,1-2H3,(H2,26,27,28). The zero-order valence-electron chi connectivity index (χ0n) is 19.9. The summed E-state index contributed by atoms with van der Waals surface area (Å²) < 4.78 is 16.9. The third-order valence-electron chi connectivity index (χ3n) is 6.29. The van der Waals surface area contributed by atoms with Gasteiger partial charge in [0.25, 0.3) is 0 Å². The van der Waals surface area contributed by atoms with Crippen molar-refractivity contribution in [1.82, 2.24) is 16.0 Å². The van der Waals surface area contributed by atoms with Gasteiger partial charge in [0.05, 0.1) is 19.8 Å². The smallest absolute Gasteiger partial charge is 0.191 e. The minimum absolute atomic E-state index is 0.0533. The van der Waals surface area contributed by atoms with Crippen molar-refractivity contribution in [1.29, 1.82) is 0 Å². The average Bonchev–Trinajstić information content (AvgIpc) is 3.34. The van der Waals surface area contributed by atoms with E-state index < -0.39 is 0 Å². The molecule has 2 aliphatic heterocycles. The van der Waals surface area contributed by atoms with Crippen molar-refractivity contribution in [3.05, 3.63) is 35.9 Å². The summed E-state index contributed by atoms with van der Waals surface area (Å²) in [6.45, 7) is 11.6. The van der Waals surface area contributed by atoms with Crippen LogP contribution in [0.25, 0.3) is 0 Å². The van der Waals surface area contributed by atoms with E-state index in [-0.39, 0.29) is 11.6 Å². The number of nitrogens with one attached hydrogen (secondary N) is 3. The molecule has 2 heterocycles. The van der Waals surface area contributed by atoms with E-state index in [1.54, 1.807) is 0 Å². The number of hydrogen-bond donors (Lipinski definition) is 3. The number of hydrogen-bond acceptors (Lipinski definition) is 5. The molecule has 0 aromatic heterocycles. The first-order valence-corrected chi connectivity index (χ1v) is 12.3. The van der Waals surface area contributed by atoms with Gasteiger partial charge in [-0.05, 0) is 45.1 Å². The van der Waals surface area contributed by atoms with E-state index in [2.05, 4.69) is 60.1 Å². The Balaban J connectivity index is 1.48. The molecule has 32 heavy (non-hydrogen) atoms. The van der Waals surface area contributed by atoms with E-state index >= 15 is 0 Å². The fourth-order valence-electron chi connectivity index (χ4n) is 4.31. The Labute approximate surface area is 193 Å². The van der Waals surface area contributed by atoms with E-state index in [1.165, 1.54) is 5.56 Å². The molecule has 2 aliphatic rings. The third kappa shape index (κ3) is 8.35. The molecule has 0 aliphatic carbocycles. The molecule has 0 saturated carbocycles. The SMILES string of the molecule is CCNC(=NCC1(NC(C)c2ccccc2)CCOCC1)NCCCOCC1CCOC1. The Kier molecular flexibility index (Phi) is 10.8. The molecule has 0 amide bonds. The highest BCUT2D eigenvalue weighted by molar-refractivity contribution is 5.79. The largest absolute Gasteiger partial charge is 0.381 e. The molecule has 0 radical (unpaired) electrons. The van der Waals surface area contributed by atoms with Gasteiger partial charge in [-0.25, -0.2) is 0 Å². The van der Waals surface area contributed by atoms with E-state index in [0.29, 0.717) is 5.92 Å². The van der Waals surface area contributed by atoms with Crippen LogP contribution in [0.2, 0.25) is 0 Å². The summed E-state index contributed by atoms with van der Waals surface area (Å²) in [4.78, 5) is 4.96. The van der Waals surface area contributed by atoms with E-state index in [4.69, 9.17) is 19.2 Å². The third-order valence-corrected chi connectivity index (χ3v) is 6.29. The van der Waals surface area contributed by atoms with E-state index in [1.807, 2.05) is 0 Å². The Morgan fingerprint density at radius 3 is 2.69 bits per heavy atom. The molecule has 7 heteroatoms. The van der Waals surface area contributed by atoms with Gasteiger partial charge in [0.1, 0.15) is 0 Å². The topological polar surface area (TPSA) is 76.1 Å². The summed E-state index contributed by atoms with van der Waals surface area (Å²) >= 11 is 0. The first kappa shape index (κ1) is 25.0. The molecule has 180 valence electrons. The Hall–Kier alpha value is -1.67. The second-order valence-corrected chi connectivity index (χ2v) is 8.95. The fourth-order valence-corrected chi connectivity index (χ4v) is 4.31. The molecule has 3 rings (SSSR count). The predicted octanol–water partition coefficient (Wildman–Crippen LogP) is 2.88. The van der Waals surface area contributed by atoms with Crippen LogP contribution in [-0.2, 0) is 14.2 Å². The summed E-state index contributed by atoms with van der Waals surface area (Å²) in [5, 5.41) is 10.7. The lowest BCUT2D eigenvalue weighted by molar-refractivity contribution is 0.0374. The maximum atomic E-state index is 5.81. The lowest BCUT2D eigenvalue weighted by atomic mass is 9.88. The van der Waals surface area contributed by atoms with Gasteiger partial charge in [0.15, 0.2) is 5.96 Å². The highest BCUT2D eigenvalue weighted by Crippen LogP contribution is 2.26. The second kappa shape index (κ2) is 13.8. The first-order valence-electron chi connectivity index (χ1n) is 12.3. The predicted molar refractivity (Wildman–Crippen MR) is 129 cm³/mol. The molecule has 2 unspecified atom stereocenters. The van der Waals surface area contributed by atoms with Crippen LogP contribution in [0.15, 0.2) is 35.3 Å². The van der Waals surface area contributed by atoms with Gasteiger partial charge in [-0.2, -0.15) is 0 Å². The summed E-state index contributed by atoms with van der Waals surface area (Å²) in [7, 11) is 0. The van der Waals surface area contributed by atoms with Gasteiger partial charge in [-0.3, -0.25) is 4.99 Å². The summed E-state index contributed by atoms with van der Waals surface area (Å²) in [5.41, 5.74) is 1.25. The number of guanidine groups is 1. The van der Waals surface area contributed by atoms with Crippen LogP contribution in [0.5, 0.6) is 0 Å². The van der Waals surface area contributed by atoms with Crippen molar-refractivity contribution in [3.63, 3.8) is 0 Å². The molecule has 0 bridgehead atoms. The highest BCUT2D eigenvalue weighted by Gasteiger charge is 2.34. The minimum Gasteiger partial charge on any atom is -0.381 e. The Morgan fingerprint density at radius 1 is 1.16 bits per heavy atom. The number of ether oxygens (including phenoxy) is 3. The first-order chi connectivity index (χ1) is 15.7. The molecule has 1 aromatic carbocycles. The average molecular weight is 447 g/mol. The van der Waals surface area contributed by atoms with Crippen LogP contribution in [0.4, 0.5) is 0 Å². The van der Waals surface area contributed by atoms with Crippen molar-refractivity contribution in [2.75, 3.05) is 59.3 Å². The van der Waals surface area contributed by atoms with Crippen LogP contribution in [0.3, 0.4) is 0 Å². The maximum absolute atomic E-state index is 5.81.